The van der Waals surface area contributed by atoms with Crippen LogP contribution in [0.2, 0.25) is 0 Å². The number of thiophene rings is 1. The molecule has 0 aliphatic rings. The molecule has 0 fully saturated rings. The molecular weight excluding hydrogens is 356 g/mol. The topological polar surface area (TPSA) is 59.8 Å². The predicted octanol–water partition coefficient (Wildman–Crippen LogP) is 4.02. The fourth-order valence-corrected chi connectivity index (χ4v) is 4.02. The summed E-state index contributed by atoms with van der Waals surface area (Å²) in [5.41, 5.74) is 4.24. The minimum absolute atomic E-state index is 0.0187. The molecule has 0 saturated carbocycles. The van der Waals surface area contributed by atoms with Crippen molar-refractivity contribution in [2.75, 3.05) is 11.9 Å². The molecule has 4 aromatic rings. The van der Waals surface area contributed by atoms with E-state index in [9.17, 15) is 4.79 Å². The minimum Gasteiger partial charge on any atom is -0.355 e. The van der Waals surface area contributed by atoms with Crippen LogP contribution in [0.5, 0.6) is 0 Å². The van der Waals surface area contributed by atoms with Crippen molar-refractivity contribution >= 4 is 27.5 Å². The zero-order valence-electron chi connectivity index (χ0n) is 15.3. The zero-order chi connectivity index (χ0) is 18.8. The Balaban J connectivity index is 1.61. The molecule has 27 heavy (non-hydrogen) atoms. The lowest BCUT2D eigenvalue weighted by Crippen LogP contribution is -2.22. The summed E-state index contributed by atoms with van der Waals surface area (Å²) >= 11 is 1.50. The van der Waals surface area contributed by atoms with E-state index in [2.05, 4.69) is 46.5 Å². The number of hydrogen-bond donors (Lipinski definition) is 1. The molecule has 4 rings (SSSR count). The monoisotopic (exact) mass is 376 g/mol. The van der Waals surface area contributed by atoms with Crippen LogP contribution in [0.25, 0.3) is 20.7 Å². The molecule has 0 unspecified atom stereocenters. The van der Waals surface area contributed by atoms with Crippen LogP contribution >= 0.6 is 11.3 Å². The van der Waals surface area contributed by atoms with E-state index in [0.29, 0.717) is 17.2 Å². The normalized spacial score (nSPS) is 11.0. The van der Waals surface area contributed by atoms with Crippen LogP contribution in [0, 0.1) is 6.92 Å². The van der Waals surface area contributed by atoms with Gasteiger partial charge in [0.2, 0.25) is 5.95 Å². The van der Waals surface area contributed by atoms with Gasteiger partial charge in [0.15, 0.2) is 0 Å². The highest BCUT2D eigenvalue weighted by Gasteiger charge is 2.13. The second-order valence-corrected chi connectivity index (χ2v) is 7.58. The Hall–Kier alpha value is -2.99. The van der Waals surface area contributed by atoms with Gasteiger partial charge in [0, 0.05) is 30.9 Å². The van der Waals surface area contributed by atoms with Crippen molar-refractivity contribution in [1.29, 1.82) is 0 Å². The van der Waals surface area contributed by atoms with Crippen molar-refractivity contribution in [2.24, 2.45) is 7.05 Å². The first-order valence-electron chi connectivity index (χ1n) is 8.82. The molecule has 3 heterocycles. The fraction of sp³-hybridized carbons (Fsp3) is 0.190. The molecule has 0 saturated heterocycles. The van der Waals surface area contributed by atoms with E-state index in [0.717, 1.165) is 22.4 Å². The standard InChI is InChI=1S/C21H20N4OS/c1-14-3-5-16(6-4-14)18-13-17-19(27-18)20(26)25(2)21(24-17)23-12-9-15-7-10-22-11-8-15/h3-8,10-11,13H,9,12H2,1-2H3,(H,23,24). The van der Waals surface area contributed by atoms with Gasteiger partial charge in [-0.3, -0.25) is 14.3 Å². The molecule has 0 spiro atoms. The number of fused-ring (bicyclic) bond motifs is 1. The third-order valence-corrected chi connectivity index (χ3v) is 5.70. The molecule has 1 N–H and O–H groups in total. The number of rotatable bonds is 5. The Morgan fingerprint density at radius 2 is 1.85 bits per heavy atom. The minimum atomic E-state index is -0.0187. The number of aryl methyl sites for hydroxylation is 1. The lowest BCUT2D eigenvalue weighted by Gasteiger charge is -2.09. The summed E-state index contributed by atoms with van der Waals surface area (Å²) in [6.07, 6.45) is 4.41. The molecule has 1 aromatic carbocycles. The van der Waals surface area contributed by atoms with Gasteiger partial charge in [0.1, 0.15) is 4.70 Å². The van der Waals surface area contributed by atoms with Crippen LogP contribution in [0.4, 0.5) is 5.95 Å². The molecular formula is C21H20N4OS. The van der Waals surface area contributed by atoms with Gasteiger partial charge < -0.3 is 5.32 Å². The molecule has 0 aliphatic carbocycles. The maximum atomic E-state index is 12.8. The van der Waals surface area contributed by atoms with Crippen LogP contribution in [0.1, 0.15) is 11.1 Å². The molecule has 0 radical (unpaired) electrons. The third-order valence-electron chi connectivity index (χ3n) is 4.54. The van der Waals surface area contributed by atoms with E-state index in [-0.39, 0.29) is 5.56 Å². The first-order valence-corrected chi connectivity index (χ1v) is 9.64. The number of nitrogens with zero attached hydrogens (tertiary/aromatic N) is 3. The third kappa shape index (κ3) is 3.61. The van der Waals surface area contributed by atoms with Crippen molar-refractivity contribution in [2.45, 2.75) is 13.3 Å². The Bertz CT molecular complexity index is 1130. The van der Waals surface area contributed by atoms with Gasteiger partial charge in [-0.25, -0.2) is 4.98 Å². The molecule has 136 valence electrons. The Morgan fingerprint density at radius 3 is 2.59 bits per heavy atom. The van der Waals surface area contributed by atoms with E-state index >= 15 is 0 Å². The smallest absolute Gasteiger partial charge is 0.272 e. The van der Waals surface area contributed by atoms with Crippen molar-refractivity contribution in [3.8, 4) is 10.4 Å². The summed E-state index contributed by atoms with van der Waals surface area (Å²) < 4.78 is 2.28. The first kappa shape index (κ1) is 17.4. The number of anilines is 1. The number of hydrogen-bond acceptors (Lipinski definition) is 5. The fourth-order valence-electron chi connectivity index (χ4n) is 2.94. The van der Waals surface area contributed by atoms with Crippen LogP contribution in [0.3, 0.4) is 0 Å². The Morgan fingerprint density at radius 1 is 1.11 bits per heavy atom. The Kier molecular flexibility index (Phi) is 4.73. The lowest BCUT2D eigenvalue weighted by molar-refractivity contribution is 0.835. The number of pyridine rings is 1. The van der Waals surface area contributed by atoms with Gasteiger partial charge >= 0.3 is 0 Å². The van der Waals surface area contributed by atoms with Crippen LogP contribution in [-0.2, 0) is 13.5 Å². The quantitative estimate of drug-likeness (QED) is 0.571. The van der Waals surface area contributed by atoms with E-state index in [4.69, 9.17) is 0 Å². The maximum absolute atomic E-state index is 12.8. The molecule has 0 bridgehead atoms. The van der Waals surface area contributed by atoms with Gasteiger partial charge in [0.05, 0.1) is 5.52 Å². The van der Waals surface area contributed by atoms with Crippen molar-refractivity contribution in [3.05, 3.63) is 76.3 Å². The molecule has 0 amide bonds. The molecule has 0 aliphatic heterocycles. The molecule has 6 heteroatoms. The lowest BCUT2D eigenvalue weighted by atomic mass is 10.1. The molecule has 5 nitrogen and oxygen atoms in total. The predicted molar refractivity (Wildman–Crippen MR) is 111 cm³/mol. The summed E-state index contributed by atoms with van der Waals surface area (Å²) in [4.78, 5) is 22.5. The van der Waals surface area contributed by atoms with Gasteiger partial charge in [-0.1, -0.05) is 29.8 Å². The van der Waals surface area contributed by atoms with E-state index in [1.54, 1.807) is 24.0 Å². The SMILES string of the molecule is Cc1ccc(-c2cc3nc(NCCc4ccncc4)n(C)c(=O)c3s2)cc1. The largest absolute Gasteiger partial charge is 0.355 e. The van der Waals surface area contributed by atoms with Gasteiger partial charge in [-0.2, -0.15) is 0 Å². The van der Waals surface area contributed by atoms with Crippen LogP contribution < -0.4 is 10.9 Å². The van der Waals surface area contributed by atoms with E-state index in [1.807, 2.05) is 18.2 Å². The highest BCUT2D eigenvalue weighted by molar-refractivity contribution is 7.22. The van der Waals surface area contributed by atoms with Gasteiger partial charge in [0.25, 0.3) is 5.56 Å². The zero-order valence-corrected chi connectivity index (χ0v) is 16.1. The van der Waals surface area contributed by atoms with Gasteiger partial charge in [-0.15, -0.1) is 11.3 Å². The average molecular weight is 376 g/mol. The number of nitrogens with one attached hydrogen (secondary N) is 1. The highest BCUT2D eigenvalue weighted by atomic mass is 32.1. The molecule has 3 aromatic heterocycles. The van der Waals surface area contributed by atoms with E-state index in [1.165, 1.54) is 22.5 Å². The Labute approximate surface area is 161 Å². The summed E-state index contributed by atoms with van der Waals surface area (Å²) in [7, 11) is 1.76. The average Bonchev–Trinajstić information content (AvgIpc) is 3.11. The highest BCUT2D eigenvalue weighted by Crippen LogP contribution is 2.31. The van der Waals surface area contributed by atoms with Crippen molar-refractivity contribution in [3.63, 3.8) is 0 Å². The summed E-state index contributed by atoms with van der Waals surface area (Å²) in [6, 6.07) is 14.3. The van der Waals surface area contributed by atoms with Crippen LogP contribution in [-0.4, -0.2) is 21.1 Å². The summed E-state index contributed by atoms with van der Waals surface area (Å²) in [5.74, 6) is 0.592. The maximum Gasteiger partial charge on any atom is 0.272 e. The summed E-state index contributed by atoms with van der Waals surface area (Å²) in [6.45, 7) is 2.76. The molecule has 0 atom stereocenters. The van der Waals surface area contributed by atoms with Gasteiger partial charge in [-0.05, 0) is 42.7 Å². The second kappa shape index (κ2) is 7.32. The number of aromatic nitrogens is 3. The second-order valence-electron chi connectivity index (χ2n) is 6.52. The number of benzene rings is 1. The van der Waals surface area contributed by atoms with Crippen LogP contribution in [0.15, 0.2) is 59.7 Å². The van der Waals surface area contributed by atoms with Crippen molar-refractivity contribution in [1.82, 2.24) is 14.5 Å². The van der Waals surface area contributed by atoms with Crippen molar-refractivity contribution < 1.29 is 0 Å². The summed E-state index contributed by atoms with van der Waals surface area (Å²) in [5, 5.41) is 3.29. The first-order chi connectivity index (χ1) is 13.1. The van der Waals surface area contributed by atoms with E-state index < -0.39 is 0 Å².